The lowest BCUT2D eigenvalue weighted by molar-refractivity contribution is -0.124. The number of aromatic amines is 1. The predicted molar refractivity (Wildman–Crippen MR) is 224 cm³/mol. The lowest BCUT2D eigenvalue weighted by atomic mass is 9.92. The predicted octanol–water partition coefficient (Wildman–Crippen LogP) is 5.60. The first kappa shape index (κ1) is 58.6. The Morgan fingerprint density at radius 1 is 0.690 bits per heavy atom. The van der Waals surface area contributed by atoms with Crippen LogP contribution in [0.5, 0.6) is 0 Å². The number of hydrogen-bond acceptors (Lipinski definition) is 15. The number of aromatic nitrogens is 12. The molecule has 0 saturated carbocycles. The molecule has 0 spiro atoms. The zero-order valence-electron chi connectivity index (χ0n) is 39.0. The van der Waals surface area contributed by atoms with E-state index in [2.05, 4.69) is 51.6 Å². The summed E-state index contributed by atoms with van der Waals surface area (Å²) in [4.78, 5) is 42.3. The van der Waals surface area contributed by atoms with Crippen molar-refractivity contribution >= 4 is 34.8 Å². The van der Waals surface area contributed by atoms with E-state index in [4.69, 9.17) is 9.45 Å². The second kappa shape index (κ2) is 22.6. The fraction of sp³-hybridized carbons (Fsp3) is 0.833. The number of rotatable bonds is 4. The van der Waals surface area contributed by atoms with Crippen LogP contribution in [-0.4, -0.2) is 113 Å². The van der Waals surface area contributed by atoms with Crippen LogP contribution in [0.2, 0.25) is 0 Å². The van der Waals surface area contributed by atoms with Gasteiger partial charge in [0.2, 0.25) is 7.37 Å². The van der Waals surface area contributed by atoms with Crippen molar-refractivity contribution in [3.8, 4) is 0 Å². The fourth-order valence-electron chi connectivity index (χ4n) is 2.35. The van der Waals surface area contributed by atoms with Crippen molar-refractivity contribution in [2.24, 2.45) is 5.41 Å². The van der Waals surface area contributed by atoms with Gasteiger partial charge in [-0.2, -0.15) is 18.4 Å². The molecule has 3 rings (SSSR count). The van der Waals surface area contributed by atoms with Crippen LogP contribution < -0.4 is 0 Å². The summed E-state index contributed by atoms with van der Waals surface area (Å²) >= 11 is 0. The van der Waals surface area contributed by atoms with Gasteiger partial charge in [0, 0.05) is 33.5 Å². The molecule has 0 radical (unpaired) electrons. The lowest BCUT2D eigenvalue weighted by Gasteiger charge is -2.21. The van der Waals surface area contributed by atoms with Gasteiger partial charge in [-0.1, -0.05) is 109 Å². The Morgan fingerprint density at radius 3 is 1.31 bits per heavy atom. The number of nitrogens with zero attached hydrogens (tertiary/aromatic N) is 11. The molecule has 22 heteroatoms. The van der Waals surface area contributed by atoms with Crippen molar-refractivity contribution in [1.82, 2.24) is 61.0 Å². The summed E-state index contributed by atoms with van der Waals surface area (Å²) in [6, 6.07) is 0. The highest BCUT2D eigenvalue weighted by molar-refractivity contribution is 7.87. The number of H-pyrrole nitrogens is 1. The monoisotopic (exact) mass is 865 g/mol. The molecule has 0 fully saturated rings. The van der Waals surface area contributed by atoms with Crippen LogP contribution in [0.3, 0.4) is 0 Å². The van der Waals surface area contributed by atoms with E-state index >= 15 is 0 Å². The first-order chi connectivity index (χ1) is 25.4. The van der Waals surface area contributed by atoms with E-state index in [0.717, 1.165) is 11.6 Å². The highest BCUT2D eigenvalue weighted by Gasteiger charge is 2.28. The maximum absolute atomic E-state index is 10.9. The Kier molecular flexibility index (Phi) is 22.9. The van der Waals surface area contributed by atoms with Gasteiger partial charge < -0.3 is 4.89 Å². The van der Waals surface area contributed by atoms with Crippen LogP contribution in [0.1, 0.15) is 163 Å². The average molecular weight is 865 g/mol. The molecule has 0 aliphatic rings. The van der Waals surface area contributed by atoms with Gasteiger partial charge in [0.25, 0.3) is 10.1 Å². The first-order valence-corrected chi connectivity index (χ1v) is 22.0. The van der Waals surface area contributed by atoms with Gasteiger partial charge in [0.05, 0.1) is 4.75 Å². The average Bonchev–Trinajstić information content (AvgIpc) is 3.73. The lowest BCUT2D eigenvalue weighted by Crippen LogP contribution is -2.26. The SMILES string of the molecule is CC(=O)C(C)(C)C.CC(=O)Cn1nnc(C(C)(C)C)n1.CC(=O)Cn1nnnc1C(C)(C)C.CC(C)(C)P(C)(=O)O.CC(C)(C)S(=O)(=O)O.CC(C)(C)c1nn[nH]n1. The number of Topliss-reactive ketones (excluding diaryl/α,β-unsaturated/α-hetero) is 3. The molecule has 1 atom stereocenters. The Labute approximate surface area is 346 Å². The molecule has 3 heterocycles. The van der Waals surface area contributed by atoms with Gasteiger partial charge in [-0.05, 0) is 57.2 Å². The van der Waals surface area contributed by atoms with E-state index in [1.54, 1.807) is 32.4 Å². The Morgan fingerprint density at radius 2 is 1.09 bits per heavy atom. The Hall–Kier alpha value is -3.68. The van der Waals surface area contributed by atoms with E-state index in [9.17, 15) is 27.4 Å². The Bertz CT molecular complexity index is 1840. The smallest absolute Gasteiger partial charge is 0.269 e. The van der Waals surface area contributed by atoms with Gasteiger partial charge in [-0.3, -0.25) is 23.5 Å². The van der Waals surface area contributed by atoms with Crippen molar-refractivity contribution < 1.29 is 36.8 Å². The third-order valence-electron chi connectivity index (χ3n) is 7.15. The molecule has 0 amide bonds. The quantitative estimate of drug-likeness (QED) is 0.213. The summed E-state index contributed by atoms with van der Waals surface area (Å²) in [5.41, 5.74) is -0.374. The molecule has 0 aliphatic carbocycles. The largest absolute Gasteiger partial charge is 0.344 e. The second-order valence-electron chi connectivity index (χ2n) is 19.6. The number of tetrazole rings is 3. The number of carbonyl (C=O) groups is 3. The maximum Gasteiger partial charge on any atom is 0.269 e. The fourth-order valence-corrected chi connectivity index (χ4v) is 2.35. The minimum absolute atomic E-state index is 0.00694. The van der Waals surface area contributed by atoms with E-state index in [-0.39, 0.29) is 52.1 Å². The van der Waals surface area contributed by atoms with Gasteiger partial charge in [-0.15, -0.1) is 25.5 Å². The molecular formula is C36H73N12O8PS. The van der Waals surface area contributed by atoms with Crippen LogP contribution >= 0.6 is 7.37 Å². The molecule has 20 nitrogen and oxygen atoms in total. The van der Waals surface area contributed by atoms with Gasteiger partial charge in [0.15, 0.2) is 29.0 Å². The van der Waals surface area contributed by atoms with Crippen LogP contribution in [0, 0.1) is 5.41 Å². The van der Waals surface area contributed by atoms with E-state index in [0.29, 0.717) is 5.82 Å². The summed E-state index contributed by atoms with van der Waals surface area (Å²) in [6.07, 6.45) is 0. The Balaban J connectivity index is -0.000000638. The maximum atomic E-state index is 10.9. The molecule has 3 aromatic heterocycles. The van der Waals surface area contributed by atoms with Gasteiger partial charge in [-0.25, -0.2) is 4.68 Å². The van der Waals surface area contributed by atoms with Crippen molar-refractivity contribution in [3.63, 3.8) is 0 Å². The van der Waals surface area contributed by atoms with E-state index < -0.39 is 27.4 Å². The molecule has 0 bridgehead atoms. The molecule has 0 aliphatic heterocycles. The molecule has 336 valence electrons. The summed E-state index contributed by atoms with van der Waals surface area (Å²) in [5, 5.41) is 36.0. The molecule has 0 aromatic carbocycles. The second-order valence-corrected chi connectivity index (χ2v) is 24.9. The van der Waals surface area contributed by atoms with Crippen LogP contribution in [0.15, 0.2) is 0 Å². The number of nitrogens with one attached hydrogen (secondary N) is 1. The highest BCUT2D eigenvalue weighted by Crippen LogP contribution is 2.49. The molecule has 3 aromatic rings. The first-order valence-electron chi connectivity index (χ1n) is 18.4. The number of hydrogen-bond donors (Lipinski definition) is 3. The molecule has 0 saturated heterocycles. The summed E-state index contributed by atoms with van der Waals surface area (Å²) < 4.78 is 40.0. The zero-order valence-corrected chi connectivity index (χ0v) is 40.7. The van der Waals surface area contributed by atoms with Crippen LogP contribution in [-0.2, 0) is 58.4 Å². The van der Waals surface area contributed by atoms with Gasteiger partial charge in [0.1, 0.15) is 18.9 Å². The summed E-state index contributed by atoms with van der Waals surface area (Å²) in [6.45, 7) is 39.9. The molecule has 58 heavy (non-hydrogen) atoms. The third-order valence-corrected chi connectivity index (χ3v) is 11.2. The van der Waals surface area contributed by atoms with Crippen molar-refractivity contribution in [3.05, 3.63) is 17.5 Å². The standard InChI is InChI=1S/2C8H14N4O.C6H12O.C5H10N4.C5H13O2P.C4H10O3S/c1-6(13)5-12-7(8(2,3)4)9-10-11-12;1-6(13)5-12-10-7(9-11-12)8(2,3)4;1-5(7)6(2,3)4;1-5(2,3)4-6-8-9-7-4;1-5(2,3)8(4,6)7;1-4(2,3)8(5,6)7/h2*5H2,1-4H3;1-4H3;1-3H3,(H,6,7,8,9);1-4H3,(H,6,7);1-3H3,(H,5,6,7). The third kappa shape index (κ3) is 26.3. The summed E-state index contributed by atoms with van der Waals surface area (Å²) in [5.74, 6) is 2.47. The minimum atomic E-state index is -3.84. The van der Waals surface area contributed by atoms with E-state index in [1.165, 1.54) is 46.1 Å². The molecule has 3 N–H and O–H groups in total. The highest BCUT2D eigenvalue weighted by atomic mass is 32.2. The summed E-state index contributed by atoms with van der Waals surface area (Å²) in [7, 11) is -6.69. The zero-order chi connectivity index (χ0) is 47.1. The molecule has 1 unspecified atom stereocenters. The number of carbonyl (C=O) groups excluding carboxylic acids is 3. The van der Waals surface area contributed by atoms with Crippen LogP contribution in [0.25, 0.3) is 0 Å². The van der Waals surface area contributed by atoms with Crippen molar-refractivity contribution in [2.45, 2.75) is 185 Å². The van der Waals surface area contributed by atoms with Crippen molar-refractivity contribution in [2.75, 3.05) is 6.66 Å². The molecular weight excluding hydrogens is 792 g/mol. The normalized spacial score (nSPS) is 13.2. The topological polar surface area (TPSA) is 285 Å². The minimum Gasteiger partial charge on any atom is -0.344 e. The van der Waals surface area contributed by atoms with Gasteiger partial charge >= 0.3 is 0 Å². The van der Waals surface area contributed by atoms with Crippen LogP contribution in [0.4, 0.5) is 0 Å². The van der Waals surface area contributed by atoms with E-state index in [1.807, 2.05) is 83.1 Å². The number of ketones is 3. The van der Waals surface area contributed by atoms with Crippen molar-refractivity contribution in [1.29, 1.82) is 0 Å².